The minimum Gasteiger partial charge on any atom is -0.478 e. The van der Waals surface area contributed by atoms with Gasteiger partial charge < -0.3 is 15.3 Å². The van der Waals surface area contributed by atoms with Crippen LogP contribution in [0.4, 0.5) is 5.69 Å². The molecule has 1 amide bonds. The molecule has 0 saturated heterocycles. The van der Waals surface area contributed by atoms with E-state index in [9.17, 15) is 14.7 Å². The van der Waals surface area contributed by atoms with Crippen LogP contribution in [-0.2, 0) is 15.1 Å². The summed E-state index contributed by atoms with van der Waals surface area (Å²) in [5.74, 6) is -1.28. The number of hydrogen-bond acceptors (Lipinski definition) is 3. The van der Waals surface area contributed by atoms with Gasteiger partial charge in [-0.15, -0.1) is 0 Å². The van der Waals surface area contributed by atoms with E-state index in [1.165, 1.54) is 0 Å². The number of amides is 1. The van der Waals surface area contributed by atoms with Gasteiger partial charge in [0.1, 0.15) is 11.2 Å². The number of carbonyl (C=O) groups is 2. The van der Waals surface area contributed by atoms with Crippen molar-refractivity contribution < 1.29 is 14.7 Å². The quantitative estimate of drug-likeness (QED) is 0.555. The van der Waals surface area contributed by atoms with Gasteiger partial charge in [0.2, 0.25) is 0 Å². The van der Waals surface area contributed by atoms with E-state index in [2.05, 4.69) is 21.2 Å². The molecule has 0 aromatic heterocycles. The van der Waals surface area contributed by atoms with E-state index in [0.717, 1.165) is 42.1 Å². The van der Waals surface area contributed by atoms with Crippen molar-refractivity contribution in [3.8, 4) is 0 Å². The van der Waals surface area contributed by atoms with Gasteiger partial charge in [-0.3, -0.25) is 4.79 Å². The van der Waals surface area contributed by atoms with Crippen LogP contribution in [0.1, 0.15) is 51.0 Å². The third kappa shape index (κ3) is 3.78. The fraction of sp³-hybridized carbons (Fsp3) is 0.360. The zero-order chi connectivity index (χ0) is 22.0. The number of carbonyl (C=O) groups excluding carboxylic acids is 1. The Morgan fingerprint density at radius 2 is 1.74 bits per heavy atom. The van der Waals surface area contributed by atoms with Gasteiger partial charge >= 0.3 is 5.97 Å². The summed E-state index contributed by atoms with van der Waals surface area (Å²) in [5, 5.41) is 13.5. The predicted molar refractivity (Wildman–Crippen MR) is 125 cm³/mol. The molecule has 6 heteroatoms. The molecule has 162 valence electrons. The first kappa shape index (κ1) is 21.6. The molecule has 0 radical (unpaired) electrons. The summed E-state index contributed by atoms with van der Waals surface area (Å²) in [5.41, 5.74) is 0.852. The fourth-order valence-electron chi connectivity index (χ4n) is 5.17. The summed E-state index contributed by atoms with van der Waals surface area (Å²) in [6.45, 7) is 1.97. The summed E-state index contributed by atoms with van der Waals surface area (Å²) in [6.07, 6.45) is 5.57. The lowest BCUT2D eigenvalue weighted by Gasteiger charge is -2.45. The van der Waals surface area contributed by atoms with Gasteiger partial charge in [-0.2, -0.15) is 0 Å². The molecule has 1 unspecified atom stereocenters. The van der Waals surface area contributed by atoms with Crippen molar-refractivity contribution in [3.05, 3.63) is 75.9 Å². The van der Waals surface area contributed by atoms with Gasteiger partial charge in [0.05, 0.1) is 5.57 Å². The number of benzene rings is 2. The van der Waals surface area contributed by atoms with Crippen molar-refractivity contribution in [2.75, 3.05) is 5.32 Å². The van der Waals surface area contributed by atoms with Crippen molar-refractivity contribution in [2.45, 2.75) is 57.0 Å². The van der Waals surface area contributed by atoms with Crippen LogP contribution >= 0.6 is 15.9 Å². The maximum absolute atomic E-state index is 13.9. The van der Waals surface area contributed by atoms with Gasteiger partial charge in [-0.25, -0.2) is 4.79 Å². The van der Waals surface area contributed by atoms with Gasteiger partial charge in [0.25, 0.3) is 5.91 Å². The molecular weight excluding hydrogens is 456 g/mol. The first-order valence-electron chi connectivity index (χ1n) is 10.9. The van der Waals surface area contributed by atoms with E-state index in [0.29, 0.717) is 12.1 Å². The van der Waals surface area contributed by atoms with E-state index in [-0.39, 0.29) is 23.2 Å². The molecule has 31 heavy (non-hydrogen) atoms. The van der Waals surface area contributed by atoms with Gasteiger partial charge in [-0.05, 0) is 49.1 Å². The number of nitrogens with zero attached hydrogens (tertiary/aromatic N) is 1. The number of hydrogen-bond donors (Lipinski definition) is 2. The Bertz CT molecular complexity index is 997. The number of rotatable bonds is 6. The third-order valence-corrected chi connectivity index (χ3v) is 7.07. The van der Waals surface area contributed by atoms with Gasteiger partial charge in [-0.1, -0.05) is 72.4 Å². The van der Waals surface area contributed by atoms with Crippen molar-refractivity contribution in [2.24, 2.45) is 0 Å². The minimum absolute atomic E-state index is 0.0278. The molecule has 1 fully saturated rings. The third-order valence-electron chi connectivity index (χ3n) is 6.54. The summed E-state index contributed by atoms with van der Waals surface area (Å²) in [6, 6.07) is 17.1. The van der Waals surface area contributed by atoms with E-state index in [1.807, 2.05) is 66.4 Å². The average Bonchev–Trinajstić information content (AvgIpc) is 3.05. The Balaban J connectivity index is 1.90. The van der Waals surface area contributed by atoms with Gasteiger partial charge in [0.15, 0.2) is 0 Å². The average molecular weight is 483 g/mol. The normalized spacial score (nSPS) is 22.1. The van der Waals surface area contributed by atoms with Crippen molar-refractivity contribution >= 4 is 33.5 Å². The standard InChI is InChI=1S/C25H27BrN2O3/c1-2-25(17-9-5-3-6-10-17)21(24(30)31)22(27-19-15-13-18(26)14-16-19)23(29)28(25)20-11-7-4-8-12-20/h3,5-6,9-10,13-16,20,27H,2,4,7-8,11-12H2,1H3,(H,30,31). The zero-order valence-corrected chi connectivity index (χ0v) is 19.2. The molecule has 2 aromatic carbocycles. The smallest absolute Gasteiger partial charge is 0.336 e. The number of anilines is 1. The van der Waals surface area contributed by atoms with Gasteiger partial charge in [0, 0.05) is 16.2 Å². The lowest BCUT2D eigenvalue weighted by molar-refractivity contribution is -0.137. The second-order valence-electron chi connectivity index (χ2n) is 8.23. The van der Waals surface area contributed by atoms with Crippen molar-refractivity contribution in [1.82, 2.24) is 4.90 Å². The van der Waals surface area contributed by atoms with Crippen LogP contribution < -0.4 is 5.32 Å². The van der Waals surface area contributed by atoms with Crippen molar-refractivity contribution in [3.63, 3.8) is 0 Å². The van der Waals surface area contributed by atoms with Crippen LogP contribution in [0.25, 0.3) is 0 Å². The van der Waals surface area contributed by atoms with Crippen LogP contribution in [0.3, 0.4) is 0 Å². The molecule has 1 aliphatic heterocycles. The Hall–Kier alpha value is -2.60. The summed E-state index contributed by atoms with van der Waals surface area (Å²) in [4.78, 5) is 28.4. The zero-order valence-electron chi connectivity index (χ0n) is 17.6. The molecule has 5 nitrogen and oxygen atoms in total. The molecule has 4 rings (SSSR count). The molecule has 0 spiro atoms. The Labute approximate surface area is 191 Å². The maximum atomic E-state index is 13.9. The number of nitrogens with one attached hydrogen (secondary N) is 1. The van der Waals surface area contributed by atoms with Crippen molar-refractivity contribution in [1.29, 1.82) is 0 Å². The Kier molecular flexibility index (Phi) is 6.19. The summed E-state index contributed by atoms with van der Waals surface area (Å²) in [7, 11) is 0. The summed E-state index contributed by atoms with van der Waals surface area (Å²) >= 11 is 3.42. The molecule has 1 saturated carbocycles. The monoisotopic (exact) mass is 482 g/mol. The van der Waals surface area contributed by atoms with Crippen LogP contribution in [0.2, 0.25) is 0 Å². The SMILES string of the molecule is CCC1(c2ccccc2)C(C(=O)O)=C(Nc2ccc(Br)cc2)C(=O)N1C1CCCCC1. The highest BCUT2D eigenvalue weighted by molar-refractivity contribution is 9.10. The first-order chi connectivity index (χ1) is 15.0. The Morgan fingerprint density at radius 3 is 2.32 bits per heavy atom. The molecule has 1 atom stereocenters. The number of aliphatic carboxylic acids is 1. The van der Waals surface area contributed by atoms with Crippen LogP contribution in [0, 0.1) is 0 Å². The second-order valence-corrected chi connectivity index (χ2v) is 9.15. The number of carboxylic acids is 1. The molecule has 2 aromatic rings. The molecule has 1 heterocycles. The number of carboxylic acid groups (broad SMARTS) is 1. The van der Waals surface area contributed by atoms with Crippen LogP contribution in [0.5, 0.6) is 0 Å². The molecule has 2 aliphatic rings. The van der Waals surface area contributed by atoms with Crippen LogP contribution in [-0.4, -0.2) is 27.9 Å². The lowest BCUT2D eigenvalue weighted by atomic mass is 9.78. The topological polar surface area (TPSA) is 69.6 Å². The lowest BCUT2D eigenvalue weighted by Crippen LogP contribution is -2.52. The fourth-order valence-corrected chi connectivity index (χ4v) is 5.43. The van der Waals surface area contributed by atoms with E-state index < -0.39 is 11.5 Å². The highest BCUT2D eigenvalue weighted by Crippen LogP contribution is 2.49. The number of halogens is 1. The molecule has 0 bridgehead atoms. The highest BCUT2D eigenvalue weighted by atomic mass is 79.9. The predicted octanol–water partition coefficient (Wildman–Crippen LogP) is 5.68. The molecular formula is C25H27BrN2O3. The molecule has 1 aliphatic carbocycles. The minimum atomic E-state index is -1.06. The highest BCUT2D eigenvalue weighted by Gasteiger charge is 2.56. The Morgan fingerprint density at radius 1 is 1.10 bits per heavy atom. The van der Waals surface area contributed by atoms with E-state index in [1.54, 1.807) is 0 Å². The molecule has 2 N–H and O–H groups in total. The largest absolute Gasteiger partial charge is 0.478 e. The van der Waals surface area contributed by atoms with E-state index >= 15 is 0 Å². The summed E-state index contributed by atoms with van der Waals surface area (Å²) < 4.78 is 0.916. The second kappa shape index (κ2) is 8.87. The first-order valence-corrected chi connectivity index (χ1v) is 11.7. The maximum Gasteiger partial charge on any atom is 0.336 e. The van der Waals surface area contributed by atoms with Crippen LogP contribution in [0.15, 0.2) is 70.3 Å². The van der Waals surface area contributed by atoms with E-state index in [4.69, 9.17) is 0 Å².